The lowest BCUT2D eigenvalue weighted by Crippen LogP contribution is -2.36. The summed E-state index contributed by atoms with van der Waals surface area (Å²) >= 11 is 3.60. The number of aryl methyl sites for hydroxylation is 1. The maximum atomic E-state index is 12.8. The molecule has 2 amide bonds. The summed E-state index contributed by atoms with van der Waals surface area (Å²) in [5, 5.41) is 10.5. The molecule has 2 fully saturated rings. The highest BCUT2D eigenvalue weighted by Gasteiger charge is 2.39. The number of amides is 2. The number of carbonyl (C=O) groups is 1. The molecule has 1 aliphatic heterocycles. The summed E-state index contributed by atoms with van der Waals surface area (Å²) in [5.41, 5.74) is 5.05. The normalized spacial score (nSPS) is 20.1. The number of hydrogen-bond donors (Lipinski definition) is 2. The molecule has 7 nitrogen and oxygen atoms in total. The average molecular weight is 496 g/mol. The van der Waals surface area contributed by atoms with Crippen molar-refractivity contribution >= 4 is 33.3 Å². The zero-order chi connectivity index (χ0) is 22.1. The minimum Gasteiger partial charge on any atom is -0.378 e. The molecule has 1 aliphatic carbocycles. The molecule has 2 aliphatic rings. The van der Waals surface area contributed by atoms with Crippen LogP contribution in [0.4, 0.5) is 16.2 Å². The molecule has 1 aromatic heterocycles. The van der Waals surface area contributed by atoms with E-state index in [4.69, 9.17) is 4.74 Å². The van der Waals surface area contributed by atoms with Gasteiger partial charge in [0.2, 0.25) is 0 Å². The molecule has 5 rings (SSSR count). The van der Waals surface area contributed by atoms with Gasteiger partial charge in [0.1, 0.15) is 0 Å². The van der Waals surface area contributed by atoms with Crippen LogP contribution in [0.3, 0.4) is 0 Å². The maximum Gasteiger partial charge on any atom is 0.319 e. The Kier molecular flexibility index (Phi) is 5.89. The molecule has 2 atom stereocenters. The van der Waals surface area contributed by atoms with Gasteiger partial charge in [-0.15, -0.1) is 0 Å². The van der Waals surface area contributed by atoms with Gasteiger partial charge in [-0.3, -0.25) is 4.68 Å². The average Bonchev–Trinajstić information content (AvgIpc) is 3.49. The number of nitrogens with one attached hydrogen (secondary N) is 2. The van der Waals surface area contributed by atoms with Gasteiger partial charge in [-0.05, 0) is 46.1 Å². The second-order valence-electron chi connectivity index (χ2n) is 8.29. The van der Waals surface area contributed by atoms with Crippen molar-refractivity contribution in [3.8, 4) is 11.3 Å². The SMILES string of the molecule is Cn1ncc(Br)c1-c1cc(NC(=O)NC2CC2c2ccccc2)cc(N2CCOCC2)c1. The van der Waals surface area contributed by atoms with Crippen molar-refractivity contribution in [2.24, 2.45) is 7.05 Å². The lowest BCUT2D eigenvalue weighted by Gasteiger charge is -2.29. The van der Waals surface area contributed by atoms with E-state index in [-0.39, 0.29) is 12.1 Å². The molecule has 8 heteroatoms. The Balaban J connectivity index is 1.35. The van der Waals surface area contributed by atoms with Gasteiger partial charge in [0.15, 0.2) is 0 Å². The summed E-state index contributed by atoms with van der Waals surface area (Å²) < 4.78 is 8.26. The number of anilines is 2. The lowest BCUT2D eigenvalue weighted by molar-refractivity contribution is 0.122. The number of rotatable bonds is 5. The lowest BCUT2D eigenvalue weighted by atomic mass is 10.1. The van der Waals surface area contributed by atoms with Crippen LogP contribution >= 0.6 is 15.9 Å². The van der Waals surface area contributed by atoms with Crippen LogP contribution in [0.15, 0.2) is 59.2 Å². The molecule has 166 valence electrons. The van der Waals surface area contributed by atoms with Crippen LogP contribution in [-0.4, -0.2) is 48.2 Å². The predicted octanol–water partition coefficient (Wildman–Crippen LogP) is 4.36. The van der Waals surface area contributed by atoms with Crippen LogP contribution in [0.25, 0.3) is 11.3 Å². The van der Waals surface area contributed by atoms with Crippen molar-refractivity contribution in [3.63, 3.8) is 0 Å². The fourth-order valence-corrected chi connectivity index (χ4v) is 4.90. The minimum atomic E-state index is -0.178. The van der Waals surface area contributed by atoms with Gasteiger partial charge in [0.05, 0.1) is 29.6 Å². The zero-order valence-electron chi connectivity index (χ0n) is 17.9. The van der Waals surface area contributed by atoms with Crippen molar-refractivity contribution in [3.05, 3.63) is 64.8 Å². The van der Waals surface area contributed by atoms with E-state index < -0.39 is 0 Å². The van der Waals surface area contributed by atoms with Gasteiger partial charge in [0.25, 0.3) is 0 Å². The van der Waals surface area contributed by atoms with Gasteiger partial charge < -0.3 is 20.3 Å². The van der Waals surface area contributed by atoms with Gasteiger partial charge in [-0.25, -0.2) is 4.79 Å². The second-order valence-corrected chi connectivity index (χ2v) is 9.14. The van der Waals surface area contributed by atoms with Crippen molar-refractivity contribution in [1.29, 1.82) is 0 Å². The number of benzene rings is 2. The molecule has 1 saturated heterocycles. The van der Waals surface area contributed by atoms with E-state index in [1.165, 1.54) is 5.56 Å². The summed E-state index contributed by atoms with van der Waals surface area (Å²) in [7, 11) is 1.91. The van der Waals surface area contributed by atoms with Crippen LogP contribution in [-0.2, 0) is 11.8 Å². The molecule has 32 heavy (non-hydrogen) atoms. The molecule has 0 radical (unpaired) electrons. The van der Waals surface area contributed by atoms with Crippen LogP contribution in [0, 0.1) is 0 Å². The molecular formula is C24H26BrN5O2. The molecule has 2 N–H and O–H groups in total. The topological polar surface area (TPSA) is 71.4 Å². The van der Waals surface area contributed by atoms with E-state index in [2.05, 4.69) is 54.8 Å². The minimum absolute atomic E-state index is 0.172. The smallest absolute Gasteiger partial charge is 0.319 e. The molecule has 2 heterocycles. The zero-order valence-corrected chi connectivity index (χ0v) is 19.5. The first kappa shape index (κ1) is 21.0. The third-order valence-corrected chi connectivity index (χ3v) is 6.63. The summed E-state index contributed by atoms with van der Waals surface area (Å²) in [4.78, 5) is 15.1. The fourth-order valence-electron chi connectivity index (χ4n) is 4.32. The van der Waals surface area contributed by atoms with Crippen LogP contribution < -0.4 is 15.5 Å². The number of urea groups is 1. The largest absolute Gasteiger partial charge is 0.378 e. The summed E-state index contributed by atoms with van der Waals surface area (Å²) in [6.45, 7) is 3.04. The van der Waals surface area contributed by atoms with Crippen LogP contribution in [0.1, 0.15) is 17.9 Å². The van der Waals surface area contributed by atoms with E-state index in [0.29, 0.717) is 19.1 Å². The summed E-state index contributed by atoms with van der Waals surface area (Å²) in [6, 6.07) is 16.5. The molecule has 2 unspecified atom stereocenters. The first-order chi connectivity index (χ1) is 15.6. The van der Waals surface area contributed by atoms with Crippen molar-refractivity contribution in [1.82, 2.24) is 15.1 Å². The Morgan fingerprint density at radius 2 is 1.94 bits per heavy atom. The van der Waals surface area contributed by atoms with Gasteiger partial charge >= 0.3 is 6.03 Å². The van der Waals surface area contributed by atoms with Gasteiger partial charge in [-0.1, -0.05) is 30.3 Å². The Morgan fingerprint density at radius 3 is 2.66 bits per heavy atom. The molecule has 0 bridgehead atoms. The monoisotopic (exact) mass is 495 g/mol. The molecule has 3 aromatic rings. The second kappa shape index (κ2) is 8.96. The third-order valence-electron chi connectivity index (χ3n) is 6.05. The maximum absolute atomic E-state index is 12.8. The number of aromatic nitrogens is 2. The number of halogens is 1. The molecule has 0 spiro atoms. The highest BCUT2D eigenvalue weighted by atomic mass is 79.9. The van der Waals surface area contributed by atoms with E-state index >= 15 is 0 Å². The Morgan fingerprint density at radius 1 is 1.16 bits per heavy atom. The van der Waals surface area contributed by atoms with Crippen molar-refractivity contribution < 1.29 is 9.53 Å². The number of ether oxygens (including phenoxy) is 1. The highest BCUT2D eigenvalue weighted by Crippen LogP contribution is 2.40. The van der Waals surface area contributed by atoms with Crippen molar-refractivity contribution in [2.45, 2.75) is 18.4 Å². The Hall–Kier alpha value is -2.84. The molecule has 1 saturated carbocycles. The Bertz CT molecular complexity index is 1090. The van der Waals surface area contributed by atoms with E-state index in [1.54, 1.807) is 6.20 Å². The van der Waals surface area contributed by atoms with Crippen molar-refractivity contribution in [2.75, 3.05) is 36.5 Å². The van der Waals surface area contributed by atoms with Crippen LogP contribution in [0.2, 0.25) is 0 Å². The van der Waals surface area contributed by atoms with Gasteiger partial charge in [-0.2, -0.15) is 5.10 Å². The molecule has 2 aromatic carbocycles. The van der Waals surface area contributed by atoms with E-state index in [9.17, 15) is 4.79 Å². The number of morpholine rings is 1. The molecular weight excluding hydrogens is 470 g/mol. The number of carbonyl (C=O) groups excluding carboxylic acids is 1. The van der Waals surface area contributed by atoms with E-state index in [1.807, 2.05) is 42.1 Å². The third kappa shape index (κ3) is 4.52. The number of nitrogens with zero attached hydrogens (tertiary/aromatic N) is 3. The van der Waals surface area contributed by atoms with E-state index in [0.717, 1.165) is 46.6 Å². The quantitative estimate of drug-likeness (QED) is 0.551. The van der Waals surface area contributed by atoms with Gasteiger partial charge in [0, 0.05) is 49.0 Å². The highest BCUT2D eigenvalue weighted by molar-refractivity contribution is 9.10. The predicted molar refractivity (Wildman–Crippen MR) is 129 cm³/mol. The Labute approximate surface area is 195 Å². The standard InChI is InChI=1S/C24H26BrN5O2/c1-29-23(21(25)15-26-29)17-11-18(13-19(12-17)30-7-9-32-10-8-30)27-24(31)28-22-14-20(22)16-5-3-2-4-6-16/h2-6,11-13,15,20,22H,7-10,14H2,1H3,(H2,27,28,31). The first-order valence-corrected chi connectivity index (χ1v) is 11.7. The fraction of sp³-hybridized carbons (Fsp3) is 0.333. The summed E-state index contributed by atoms with van der Waals surface area (Å²) in [6.07, 6.45) is 2.76. The van der Waals surface area contributed by atoms with Crippen LogP contribution in [0.5, 0.6) is 0 Å². The summed E-state index contributed by atoms with van der Waals surface area (Å²) in [5.74, 6) is 0.391. The first-order valence-electron chi connectivity index (χ1n) is 10.9. The number of hydrogen-bond acceptors (Lipinski definition) is 4.